The van der Waals surface area contributed by atoms with Crippen LogP contribution in [-0.2, 0) is 7.05 Å². The second-order valence-electron chi connectivity index (χ2n) is 4.30. The Kier molecular flexibility index (Phi) is 2.10. The number of rotatable bonds is 1. The summed E-state index contributed by atoms with van der Waals surface area (Å²) in [5, 5.41) is 12.8. The Hall–Kier alpha value is -2.43. The fraction of sp³-hybridized carbons (Fsp3) is 0.154. The fourth-order valence-electron chi connectivity index (χ4n) is 2.49. The fourth-order valence-corrected chi connectivity index (χ4v) is 2.49. The number of fused-ring (bicyclic) bond motifs is 3. The maximum absolute atomic E-state index is 10.9. The van der Waals surface area contributed by atoms with Crippen LogP contribution in [0.4, 0.5) is 5.82 Å². The van der Waals surface area contributed by atoms with Gasteiger partial charge in [0.15, 0.2) is 5.69 Å². The van der Waals surface area contributed by atoms with Crippen LogP contribution >= 0.6 is 0 Å². The summed E-state index contributed by atoms with van der Waals surface area (Å²) in [4.78, 5) is 14.5. The maximum Gasteiger partial charge on any atom is 0.364 e. The monoisotopic (exact) mass is 241 g/mol. The van der Waals surface area contributed by atoms with E-state index < -0.39 is 4.92 Å². The summed E-state index contributed by atoms with van der Waals surface area (Å²) in [6.07, 6.45) is 0. The van der Waals surface area contributed by atoms with Crippen molar-refractivity contribution in [3.8, 4) is 0 Å². The number of nitro groups is 1. The Morgan fingerprint density at radius 2 is 2.00 bits per heavy atom. The van der Waals surface area contributed by atoms with E-state index in [0.717, 1.165) is 21.8 Å². The molecule has 0 spiro atoms. The molecule has 0 aliphatic rings. The minimum Gasteiger partial charge on any atom is -0.358 e. The van der Waals surface area contributed by atoms with Crippen molar-refractivity contribution < 1.29 is 4.92 Å². The Morgan fingerprint density at radius 1 is 1.28 bits per heavy atom. The van der Waals surface area contributed by atoms with Crippen molar-refractivity contribution in [1.82, 2.24) is 9.55 Å². The topological polar surface area (TPSA) is 61.0 Å². The van der Waals surface area contributed by atoms with E-state index >= 15 is 0 Å². The largest absolute Gasteiger partial charge is 0.364 e. The number of aromatic nitrogens is 2. The van der Waals surface area contributed by atoms with E-state index in [2.05, 4.69) is 4.98 Å². The molecule has 0 saturated carbocycles. The molecule has 1 aromatic carbocycles. The maximum atomic E-state index is 10.9. The third-order valence-electron chi connectivity index (χ3n) is 3.23. The van der Waals surface area contributed by atoms with Crippen LogP contribution < -0.4 is 0 Å². The summed E-state index contributed by atoms with van der Waals surface area (Å²) in [6.45, 7) is 1.80. The van der Waals surface area contributed by atoms with Gasteiger partial charge in [-0.15, -0.1) is 0 Å². The van der Waals surface area contributed by atoms with Crippen LogP contribution in [0.1, 0.15) is 5.69 Å². The van der Waals surface area contributed by atoms with E-state index in [1.165, 1.54) is 0 Å². The first-order chi connectivity index (χ1) is 8.59. The van der Waals surface area contributed by atoms with E-state index in [9.17, 15) is 10.1 Å². The van der Waals surface area contributed by atoms with E-state index in [1.54, 1.807) is 13.0 Å². The van der Waals surface area contributed by atoms with Crippen LogP contribution in [0, 0.1) is 17.0 Å². The highest BCUT2D eigenvalue weighted by Crippen LogP contribution is 2.31. The Labute approximate surface area is 103 Å². The minimum atomic E-state index is -0.450. The Bertz CT molecular complexity index is 790. The van der Waals surface area contributed by atoms with Crippen molar-refractivity contribution in [2.45, 2.75) is 6.92 Å². The summed E-state index contributed by atoms with van der Waals surface area (Å²) in [5.74, 6) is -0.101. The van der Waals surface area contributed by atoms with Crippen molar-refractivity contribution >= 4 is 27.6 Å². The van der Waals surface area contributed by atoms with Gasteiger partial charge < -0.3 is 14.7 Å². The summed E-state index contributed by atoms with van der Waals surface area (Å²) < 4.78 is 2.02. The zero-order chi connectivity index (χ0) is 12.9. The molecule has 5 nitrogen and oxygen atoms in total. The third-order valence-corrected chi connectivity index (χ3v) is 3.23. The molecule has 90 valence electrons. The SMILES string of the molecule is Cc1nc([N+](=O)[O-])cc2c3ccccc3n(C)c12. The lowest BCUT2D eigenvalue weighted by molar-refractivity contribution is -0.389. The van der Waals surface area contributed by atoms with E-state index in [1.807, 2.05) is 35.9 Å². The van der Waals surface area contributed by atoms with Gasteiger partial charge in [-0.1, -0.05) is 18.2 Å². The van der Waals surface area contributed by atoms with Crippen molar-refractivity contribution in [1.29, 1.82) is 0 Å². The van der Waals surface area contributed by atoms with E-state index in [0.29, 0.717) is 5.69 Å². The first kappa shape index (κ1) is 10.7. The zero-order valence-electron chi connectivity index (χ0n) is 10.0. The van der Waals surface area contributed by atoms with Crippen LogP contribution in [0.25, 0.3) is 21.8 Å². The number of benzene rings is 1. The number of aryl methyl sites for hydroxylation is 2. The van der Waals surface area contributed by atoms with Crippen molar-refractivity contribution in [2.24, 2.45) is 7.05 Å². The molecule has 0 saturated heterocycles. The number of pyridine rings is 1. The van der Waals surface area contributed by atoms with E-state index in [4.69, 9.17) is 0 Å². The average molecular weight is 241 g/mol. The van der Waals surface area contributed by atoms with Crippen molar-refractivity contribution in [3.05, 3.63) is 46.1 Å². The van der Waals surface area contributed by atoms with E-state index in [-0.39, 0.29) is 5.82 Å². The lowest BCUT2D eigenvalue weighted by Gasteiger charge is -1.98. The first-order valence-electron chi connectivity index (χ1n) is 5.59. The van der Waals surface area contributed by atoms with Gasteiger partial charge in [-0.3, -0.25) is 0 Å². The summed E-state index contributed by atoms with van der Waals surface area (Å²) >= 11 is 0. The quantitative estimate of drug-likeness (QED) is 0.486. The molecule has 18 heavy (non-hydrogen) atoms. The normalized spacial score (nSPS) is 11.2. The molecule has 0 N–H and O–H groups in total. The number of hydrogen-bond acceptors (Lipinski definition) is 3. The second kappa shape index (κ2) is 3.53. The second-order valence-corrected chi connectivity index (χ2v) is 4.30. The molecule has 2 heterocycles. The number of hydrogen-bond donors (Lipinski definition) is 0. The highest BCUT2D eigenvalue weighted by molar-refractivity contribution is 6.09. The average Bonchev–Trinajstić information content (AvgIpc) is 2.64. The molecule has 3 rings (SSSR count). The molecular weight excluding hydrogens is 230 g/mol. The zero-order valence-corrected chi connectivity index (χ0v) is 10.0. The summed E-state index contributed by atoms with van der Waals surface area (Å²) in [6, 6.07) is 9.41. The lowest BCUT2D eigenvalue weighted by Crippen LogP contribution is -1.96. The van der Waals surface area contributed by atoms with Gasteiger partial charge in [-0.05, 0) is 16.0 Å². The smallest absolute Gasteiger partial charge is 0.358 e. The van der Waals surface area contributed by atoms with Crippen LogP contribution in [0.3, 0.4) is 0 Å². The molecule has 0 unspecified atom stereocenters. The highest BCUT2D eigenvalue weighted by Gasteiger charge is 2.18. The molecule has 0 radical (unpaired) electrons. The number of para-hydroxylation sites is 1. The highest BCUT2D eigenvalue weighted by atomic mass is 16.6. The predicted molar refractivity (Wildman–Crippen MR) is 69.6 cm³/mol. The van der Waals surface area contributed by atoms with Gasteiger partial charge >= 0.3 is 5.82 Å². The molecule has 0 aliphatic carbocycles. The Morgan fingerprint density at radius 3 is 2.72 bits per heavy atom. The number of nitrogens with zero attached hydrogens (tertiary/aromatic N) is 3. The van der Waals surface area contributed by atoms with Gasteiger partial charge in [0.2, 0.25) is 0 Å². The van der Waals surface area contributed by atoms with Gasteiger partial charge in [-0.25, -0.2) is 0 Å². The summed E-state index contributed by atoms with van der Waals surface area (Å²) in [7, 11) is 1.95. The lowest BCUT2D eigenvalue weighted by atomic mass is 10.1. The van der Waals surface area contributed by atoms with Crippen LogP contribution in [0.15, 0.2) is 30.3 Å². The van der Waals surface area contributed by atoms with Crippen LogP contribution in [0.2, 0.25) is 0 Å². The van der Waals surface area contributed by atoms with Gasteiger partial charge in [0, 0.05) is 36.3 Å². The predicted octanol–water partition coefficient (Wildman–Crippen LogP) is 2.94. The Balaban J connectivity index is 2.56. The molecule has 5 heteroatoms. The van der Waals surface area contributed by atoms with Gasteiger partial charge in [0.25, 0.3) is 0 Å². The standard InChI is InChI=1S/C13H11N3O2/c1-8-13-10(7-12(14-8)16(17)18)9-5-3-4-6-11(9)15(13)2/h3-7H,1-2H3. The molecule has 0 bridgehead atoms. The van der Waals surface area contributed by atoms with Crippen LogP contribution in [0.5, 0.6) is 0 Å². The minimum absolute atomic E-state index is 0.101. The van der Waals surface area contributed by atoms with Gasteiger partial charge in [0.05, 0.1) is 5.52 Å². The molecule has 0 atom stereocenters. The van der Waals surface area contributed by atoms with Crippen molar-refractivity contribution in [3.63, 3.8) is 0 Å². The van der Waals surface area contributed by atoms with Gasteiger partial charge in [-0.2, -0.15) is 0 Å². The summed E-state index contributed by atoms with van der Waals surface area (Å²) in [5.41, 5.74) is 2.68. The molecule has 0 aliphatic heterocycles. The first-order valence-corrected chi connectivity index (χ1v) is 5.59. The van der Waals surface area contributed by atoms with Gasteiger partial charge in [0.1, 0.15) is 0 Å². The van der Waals surface area contributed by atoms with Crippen molar-refractivity contribution in [2.75, 3.05) is 0 Å². The molecule has 0 fully saturated rings. The molecule has 3 aromatic rings. The van der Waals surface area contributed by atoms with Crippen LogP contribution in [-0.4, -0.2) is 14.5 Å². The molecule has 2 aromatic heterocycles. The third kappa shape index (κ3) is 1.30. The molecule has 0 amide bonds. The molecular formula is C13H11N3O2.